The highest BCUT2D eigenvalue weighted by Gasteiger charge is 2.19. The number of aliphatic hydroxyl groups excluding tert-OH is 1. The fourth-order valence-electron chi connectivity index (χ4n) is 1.74. The standard InChI is InChI=1S/C8H18N2O4S.C2H4O2S/c11-7-5-9-1-3-10(4-2-9)6-8-15(12,13)14;3-2(4)1-5/h11H,1-8H2,(H,12,13,14);5H,1H2,(H,3,4). The second kappa shape index (κ2) is 10.4. The van der Waals surface area contributed by atoms with Gasteiger partial charge in [-0.3, -0.25) is 9.69 Å². The fraction of sp³-hybridized carbons (Fsp3) is 0.900. The van der Waals surface area contributed by atoms with Gasteiger partial charge in [0.05, 0.1) is 41.3 Å². The van der Waals surface area contributed by atoms with Crippen LogP contribution < -0.4 is 4.90 Å². The van der Waals surface area contributed by atoms with Crippen LogP contribution in [0.25, 0.3) is 0 Å². The average molecular weight is 330 g/mol. The van der Waals surface area contributed by atoms with Gasteiger partial charge < -0.3 is 19.7 Å². The largest absolute Gasteiger partial charge is 0.748 e. The smallest absolute Gasteiger partial charge is 0.313 e. The molecule has 1 rings (SSSR count). The highest BCUT2D eigenvalue weighted by atomic mass is 32.2. The summed E-state index contributed by atoms with van der Waals surface area (Å²) >= 11 is 3.42. The Morgan fingerprint density at radius 1 is 1.35 bits per heavy atom. The molecule has 0 bridgehead atoms. The molecule has 0 atom stereocenters. The van der Waals surface area contributed by atoms with Crippen molar-refractivity contribution in [2.75, 3.05) is 57.4 Å². The quantitative estimate of drug-likeness (QED) is 0.298. The number of quaternary nitrogens is 1. The molecule has 1 aliphatic rings. The number of piperazine rings is 1. The van der Waals surface area contributed by atoms with E-state index in [1.807, 2.05) is 4.90 Å². The van der Waals surface area contributed by atoms with E-state index in [0.717, 1.165) is 32.7 Å². The Labute approximate surface area is 124 Å². The molecule has 0 radical (unpaired) electrons. The monoisotopic (exact) mass is 330 g/mol. The van der Waals surface area contributed by atoms with Crippen LogP contribution in [0.15, 0.2) is 0 Å². The van der Waals surface area contributed by atoms with Crippen LogP contribution in [0.1, 0.15) is 0 Å². The number of hydrogen-bond acceptors (Lipinski definition) is 7. The lowest BCUT2D eigenvalue weighted by molar-refractivity contribution is -0.904. The number of aliphatic hydroxyl groups is 1. The summed E-state index contributed by atoms with van der Waals surface area (Å²) in [5, 5.41) is 16.4. The molecular weight excluding hydrogens is 308 g/mol. The summed E-state index contributed by atoms with van der Waals surface area (Å²) in [4.78, 5) is 12.6. The summed E-state index contributed by atoms with van der Waals surface area (Å²) in [6.07, 6.45) is 0. The van der Waals surface area contributed by atoms with E-state index in [1.54, 1.807) is 0 Å². The highest BCUT2D eigenvalue weighted by molar-refractivity contribution is 7.85. The minimum atomic E-state index is -4.09. The molecule has 1 aliphatic heterocycles. The van der Waals surface area contributed by atoms with Gasteiger partial charge in [0, 0.05) is 19.6 Å². The van der Waals surface area contributed by atoms with Crippen LogP contribution in [0.2, 0.25) is 0 Å². The number of nitrogens with one attached hydrogen (secondary N) is 1. The molecule has 0 unspecified atom stereocenters. The van der Waals surface area contributed by atoms with Crippen molar-refractivity contribution in [3.05, 3.63) is 0 Å². The van der Waals surface area contributed by atoms with E-state index in [4.69, 9.17) is 10.2 Å². The van der Waals surface area contributed by atoms with E-state index >= 15 is 0 Å². The van der Waals surface area contributed by atoms with Gasteiger partial charge in [-0.1, -0.05) is 0 Å². The molecule has 0 aromatic rings. The Hall–Kier alpha value is -0.390. The van der Waals surface area contributed by atoms with Crippen LogP contribution in [-0.4, -0.2) is 91.4 Å². The first-order chi connectivity index (χ1) is 9.28. The Morgan fingerprint density at radius 3 is 2.20 bits per heavy atom. The Balaban J connectivity index is 0.000000621. The van der Waals surface area contributed by atoms with Crippen molar-refractivity contribution in [1.29, 1.82) is 0 Å². The van der Waals surface area contributed by atoms with E-state index in [0.29, 0.717) is 6.54 Å². The average Bonchev–Trinajstić information content (AvgIpc) is 2.38. The number of nitrogens with zero attached hydrogens (tertiary/aromatic N) is 1. The first-order valence-electron chi connectivity index (χ1n) is 6.21. The molecule has 0 aromatic carbocycles. The fourth-order valence-corrected chi connectivity index (χ4v) is 2.22. The summed E-state index contributed by atoms with van der Waals surface area (Å²) in [6, 6.07) is 0. The maximum atomic E-state index is 10.4. The van der Waals surface area contributed by atoms with Gasteiger partial charge in [-0.2, -0.15) is 12.6 Å². The third-order valence-corrected chi connectivity index (χ3v) is 3.77. The first-order valence-corrected chi connectivity index (χ1v) is 8.42. The van der Waals surface area contributed by atoms with E-state index in [-0.39, 0.29) is 18.1 Å². The molecule has 1 fully saturated rings. The van der Waals surface area contributed by atoms with Gasteiger partial charge >= 0.3 is 5.97 Å². The third-order valence-electron chi connectivity index (χ3n) is 2.82. The summed E-state index contributed by atoms with van der Waals surface area (Å²) in [5.74, 6) is -1.27. The summed E-state index contributed by atoms with van der Waals surface area (Å²) < 4.78 is 31.3. The zero-order valence-corrected chi connectivity index (χ0v) is 12.9. The second-order valence-electron chi connectivity index (χ2n) is 4.38. The van der Waals surface area contributed by atoms with Crippen LogP contribution in [0.3, 0.4) is 0 Å². The molecule has 3 N–H and O–H groups in total. The van der Waals surface area contributed by atoms with Gasteiger partial charge in [-0.05, 0) is 0 Å². The lowest BCUT2D eigenvalue weighted by Gasteiger charge is -2.31. The summed E-state index contributed by atoms with van der Waals surface area (Å²) in [7, 11) is -4.09. The number of rotatable bonds is 6. The lowest BCUT2D eigenvalue weighted by Crippen LogP contribution is -3.15. The van der Waals surface area contributed by atoms with Gasteiger partial charge in [0.1, 0.15) is 6.54 Å². The topological polar surface area (TPSA) is 122 Å². The van der Waals surface area contributed by atoms with Crippen molar-refractivity contribution in [2.45, 2.75) is 0 Å². The van der Waals surface area contributed by atoms with Crippen molar-refractivity contribution < 1.29 is 32.9 Å². The van der Waals surface area contributed by atoms with Crippen LogP contribution >= 0.6 is 12.6 Å². The van der Waals surface area contributed by atoms with Crippen LogP contribution in [-0.2, 0) is 14.9 Å². The number of hydrogen-bond donors (Lipinski definition) is 4. The van der Waals surface area contributed by atoms with Crippen LogP contribution in [0.4, 0.5) is 0 Å². The van der Waals surface area contributed by atoms with Crippen molar-refractivity contribution in [3.8, 4) is 0 Å². The maximum absolute atomic E-state index is 10.4. The van der Waals surface area contributed by atoms with E-state index < -0.39 is 16.1 Å². The minimum Gasteiger partial charge on any atom is -0.748 e. The highest BCUT2D eigenvalue weighted by Crippen LogP contribution is 1.91. The number of aliphatic carboxylic acids is 1. The second-order valence-corrected chi connectivity index (χ2v) is 6.22. The van der Waals surface area contributed by atoms with Gasteiger partial charge in [-0.25, -0.2) is 8.42 Å². The van der Waals surface area contributed by atoms with Crippen LogP contribution in [0.5, 0.6) is 0 Å². The normalized spacial score (nSPS) is 17.4. The van der Waals surface area contributed by atoms with E-state index in [9.17, 15) is 17.8 Å². The third kappa shape index (κ3) is 11.4. The molecule has 120 valence electrons. The lowest BCUT2D eigenvalue weighted by atomic mass is 10.3. The van der Waals surface area contributed by atoms with Gasteiger partial charge in [0.15, 0.2) is 0 Å². The number of thiol groups is 1. The van der Waals surface area contributed by atoms with Gasteiger partial charge in [0.2, 0.25) is 0 Å². The van der Waals surface area contributed by atoms with Crippen molar-refractivity contribution in [2.24, 2.45) is 0 Å². The Kier molecular flexibility index (Phi) is 10.2. The summed E-state index contributed by atoms with van der Waals surface area (Å²) in [5.41, 5.74) is 0. The van der Waals surface area contributed by atoms with Crippen LogP contribution in [0, 0.1) is 0 Å². The van der Waals surface area contributed by atoms with Crippen molar-refractivity contribution in [1.82, 2.24) is 4.90 Å². The zero-order valence-electron chi connectivity index (χ0n) is 11.2. The minimum absolute atomic E-state index is 0.0833. The molecule has 0 aliphatic carbocycles. The molecular formula is C10H22N2O6S2. The molecule has 0 aromatic heterocycles. The molecule has 0 saturated carbocycles. The number of carbonyl (C=O) groups is 1. The van der Waals surface area contributed by atoms with Gasteiger partial charge in [0.25, 0.3) is 0 Å². The SMILES string of the molecule is O=C(O)CS.O=S(=O)([O-])CCN1CC[NH+](CCO)CC1. The van der Waals surface area contributed by atoms with Gasteiger partial charge in [-0.15, -0.1) is 0 Å². The Bertz CT molecular complexity index is 368. The molecule has 1 heterocycles. The Morgan fingerprint density at radius 2 is 1.85 bits per heavy atom. The molecule has 20 heavy (non-hydrogen) atoms. The predicted octanol–water partition coefficient (Wildman–Crippen LogP) is -3.27. The van der Waals surface area contributed by atoms with E-state index in [1.165, 1.54) is 4.90 Å². The predicted molar refractivity (Wildman–Crippen MR) is 75.1 cm³/mol. The zero-order chi connectivity index (χ0) is 15.6. The van der Waals surface area contributed by atoms with E-state index in [2.05, 4.69) is 12.6 Å². The van der Waals surface area contributed by atoms with Crippen molar-refractivity contribution >= 4 is 28.7 Å². The number of carboxylic acid groups (broad SMARTS) is 1. The molecule has 0 amide bonds. The summed E-state index contributed by atoms with van der Waals surface area (Å²) in [6.45, 7) is 4.66. The molecule has 1 saturated heterocycles. The maximum Gasteiger partial charge on any atom is 0.313 e. The molecule has 8 nitrogen and oxygen atoms in total. The molecule has 10 heteroatoms. The van der Waals surface area contributed by atoms with Crippen molar-refractivity contribution in [3.63, 3.8) is 0 Å². The number of carboxylic acids is 1. The molecule has 0 spiro atoms. The first kappa shape index (κ1) is 19.6.